The van der Waals surface area contributed by atoms with E-state index in [-0.39, 0.29) is 22.2 Å². The maximum atomic E-state index is 6.90. The highest BCUT2D eigenvalue weighted by Crippen LogP contribution is 2.55. The van der Waals surface area contributed by atoms with Crippen LogP contribution in [0.15, 0.2) is 42.5 Å². The van der Waals surface area contributed by atoms with E-state index in [4.69, 9.17) is 13.6 Å². The summed E-state index contributed by atoms with van der Waals surface area (Å²) in [7, 11) is -1.80. The molecule has 0 aliphatic carbocycles. The molecule has 1 aliphatic heterocycles. The first-order valence-corrected chi connectivity index (χ1v) is 15.2. The zero-order valence-electron chi connectivity index (χ0n) is 26.3. The predicted molar refractivity (Wildman–Crippen MR) is 166 cm³/mol. The van der Waals surface area contributed by atoms with Crippen LogP contribution in [-0.4, -0.2) is 0 Å². The average Bonchev–Trinajstić information content (AvgIpc) is 2.78. The highest BCUT2D eigenvalue weighted by atomic mass is 31.2. The second kappa shape index (κ2) is 10.2. The molecular formula is C35H47O3P. The van der Waals surface area contributed by atoms with Crippen LogP contribution in [0, 0.1) is 20.8 Å². The first kappa shape index (κ1) is 29.5. The second-order valence-electron chi connectivity index (χ2n) is 14.4. The standard InChI is InChI=1S/C35H47O3P/c1-21-14-15-30(27(18-21)33(5,6)7)36-39-37-31-25(16-22(2)19-28(31)34(8,9)10)24(4)26-17-23(3)20-29(32(26)38-39)35(11,12)13/h14-20,24H,1-13H3. The molecule has 0 saturated heterocycles. The molecule has 0 spiro atoms. The summed E-state index contributed by atoms with van der Waals surface area (Å²) >= 11 is 0. The van der Waals surface area contributed by atoms with E-state index < -0.39 is 8.60 Å². The van der Waals surface area contributed by atoms with Crippen LogP contribution >= 0.6 is 8.60 Å². The van der Waals surface area contributed by atoms with Crippen molar-refractivity contribution in [1.82, 2.24) is 0 Å². The van der Waals surface area contributed by atoms with E-state index in [9.17, 15) is 0 Å². The van der Waals surface area contributed by atoms with Gasteiger partial charge >= 0.3 is 8.60 Å². The molecule has 0 aromatic heterocycles. The molecular weight excluding hydrogens is 499 g/mol. The topological polar surface area (TPSA) is 27.7 Å². The van der Waals surface area contributed by atoms with Gasteiger partial charge in [-0.15, -0.1) is 0 Å². The number of benzene rings is 3. The van der Waals surface area contributed by atoms with Crippen molar-refractivity contribution < 1.29 is 13.6 Å². The molecule has 3 aromatic carbocycles. The van der Waals surface area contributed by atoms with Crippen molar-refractivity contribution >= 4 is 8.60 Å². The molecule has 0 radical (unpaired) electrons. The summed E-state index contributed by atoms with van der Waals surface area (Å²) < 4.78 is 20.6. The van der Waals surface area contributed by atoms with Crippen molar-refractivity contribution in [1.29, 1.82) is 0 Å². The third-order valence-corrected chi connectivity index (χ3v) is 8.53. The second-order valence-corrected chi connectivity index (χ2v) is 15.4. The van der Waals surface area contributed by atoms with Crippen molar-refractivity contribution in [3.05, 3.63) is 87.0 Å². The monoisotopic (exact) mass is 546 g/mol. The van der Waals surface area contributed by atoms with Crippen LogP contribution in [0.25, 0.3) is 0 Å². The summed E-state index contributed by atoms with van der Waals surface area (Å²) in [5.41, 5.74) is 9.24. The number of aryl methyl sites for hydroxylation is 3. The smallest absolute Gasteiger partial charge is 0.408 e. The van der Waals surface area contributed by atoms with Gasteiger partial charge in [-0.05, 0) is 43.1 Å². The molecule has 0 fully saturated rings. The lowest BCUT2D eigenvalue weighted by Crippen LogP contribution is -2.21. The van der Waals surface area contributed by atoms with Crippen LogP contribution in [0.5, 0.6) is 17.2 Å². The van der Waals surface area contributed by atoms with E-state index in [1.807, 2.05) is 0 Å². The Kier molecular flexibility index (Phi) is 7.67. The summed E-state index contributed by atoms with van der Waals surface area (Å²) in [5.74, 6) is 2.68. The first-order valence-electron chi connectivity index (χ1n) is 14.1. The molecule has 210 valence electrons. The molecule has 3 nitrogen and oxygen atoms in total. The number of rotatable bonds is 2. The Morgan fingerprint density at radius 1 is 0.590 bits per heavy atom. The molecule has 0 atom stereocenters. The van der Waals surface area contributed by atoms with Gasteiger partial charge in [0.05, 0.1) is 0 Å². The van der Waals surface area contributed by atoms with Gasteiger partial charge < -0.3 is 13.6 Å². The van der Waals surface area contributed by atoms with Gasteiger partial charge in [-0.3, -0.25) is 0 Å². The Bertz CT molecular complexity index is 1310. The van der Waals surface area contributed by atoms with Gasteiger partial charge in [0.15, 0.2) is 0 Å². The Labute approximate surface area is 238 Å². The summed E-state index contributed by atoms with van der Waals surface area (Å²) in [6.07, 6.45) is 0. The minimum Gasteiger partial charge on any atom is -0.408 e. The maximum Gasteiger partial charge on any atom is 0.530 e. The highest BCUT2D eigenvalue weighted by Gasteiger charge is 2.37. The maximum absolute atomic E-state index is 6.90. The van der Waals surface area contributed by atoms with Crippen molar-refractivity contribution in [3.8, 4) is 17.2 Å². The van der Waals surface area contributed by atoms with Crippen LogP contribution in [0.4, 0.5) is 0 Å². The van der Waals surface area contributed by atoms with Gasteiger partial charge in [0.1, 0.15) is 17.2 Å². The summed E-state index contributed by atoms with van der Waals surface area (Å²) in [4.78, 5) is 0. The van der Waals surface area contributed by atoms with Gasteiger partial charge in [0.2, 0.25) is 0 Å². The van der Waals surface area contributed by atoms with Crippen LogP contribution in [0.2, 0.25) is 0 Å². The van der Waals surface area contributed by atoms with Crippen LogP contribution in [0.1, 0.15) is 120 Å². The van der Waals surface area contributed by atoms with Crippen molar-refractivity contribution in [3.63, 3.8) is 0 Å². The Morgan fingerprint density at radius 3 is 1.41 bits per heavy atom. The molecule has 0 unspecified atom stereocenters. The molecule has 39 heavy (non-hydrogen) atoms. The Hall–Kier alpha value is -2.51. The van der Waals surface area contributed by atoms with E-state index in [1.165, 1.54) is 38.9 Å². The lowest BCUT2D eigenvalue weighted by molar-refractivity contribution is 0.363. The molecule has 4 heteroatoms. The van der Waals surface area contributed by atoms with Gasteiger partial charge in [0, 0.05) is 33.7 Å². The Morgan fingerprint density at radius 2 is 1.00 bits per heavy atom. The first-order chi connectivity index (χ1) is 17.9. The highest BCUT2D eigenvalue weighted by molar-refractivity contribution is 7.43. The number of hydrogen-bond acceptors (Lipinski definition) is 3. The molecule has 0 amide bonds. The van der Waals surface area contributed by atoms with Gasteiger partial charge in [-0.25, -0.2) is 0 Å². The van der Waals surface area contributed by atoms with Crippen molar-refractivity contribution in [2.24, 2.45) is 0 Å². The fraction of sp³-hybridized carbons (Fsp3) is 0.486. The van der Waals surface area contributed by atoms with Crippen LogP contribution in [0.3, 0.4) is 0 Å². The average molecular weight is 547 g/mol. The van der Waals surface area contributed by atoms with E-state index >= 15 is 0 Å². The zero-order chi connectivity index (χ0) is 29.1. The van der Waals surface area contributed by atoms with Crippen LogP contribution < -0.4 is 13.6 Å². The van der Waals surface area contributed by atoms with E-state index in [0.717, 1.165) is 22.8 Å². The third-order valence-electron chi connectivity index (χ3n) is 7.52. The zero-order valence-corrected chi connectivity index (χ0v) is 27.2. The molecule has 0 N–H and O–H groups in total. The predicted octanol–water partition coefficient (Wildman–Crippen LogP) is 10.7. The normalized spacial score (nSPS) is 17.8. The molecule has 1 heterocycles. The molecule has 1 aliphatic rings. The summed E-state index contributed by atoms with van der Waals surface area (Å²) in [6.45, 7) is 28.9. The molecule has 4 rings (SSSR count). The van der Waals surface area contributed by atoms with Gasteiger partial charge in [-0.1, -0.05) is 122 Å². The minimum absolute atomic E-state index is 0.0921. The molecule has 0 bridgehead atoms. The summed E-state index contributed by atoms with van der Waals surface area (Å²) in [6, 6.07) is 15.4. The lowest BCUT2D eigenvalue weighted by atomic mass is 9.79. The summed E-state index contributed by atoms with van der Waals surface area (Å²) in [5, 5.41) is 0. The number of fused-ring (bicyclic) bond motifs is 2. The van der Waals surface area contributed by atoms with Gasteiger partial charge in [-0.2, -0.15) is 0 Å². The molecule has 0 saturated carbocycles. The third kappa shape index (κ3) is 6.14. The van der Waals surface area contributed by atoms with E-state index in [2.05, 4.69) is 132 Å². The van der Waals surface area contributed by atoms with Crippen molar-refractivity contribution in [2.75, 3.05) is 0 Å². The van der Waals surface area contributed by atoms with E-state index in [0.29, 0.717) is 0 Å². The minimum atomic E-state index is -1.80. The quantitative estimate of drug-likeness (QED) is 0.299. The Balaban J connectivity index is 2.00. The fourth-order valence-corrected chi connectivity index (χ4v) is 6.46. The van der Waals surface area contributed by atoms with Gasteiger partial charge in [0.25, 0.3) is 0 Å². The largest absolute Gasteiger partial charge is 0.530 e. The number of hydrogen-bond donors (Lipinski definition) is 0. The SMILES string of the molecule is Cc1ccc(OP2Oc3c(cc(C)cc3C(C)(C)C)C(C)c3cc(C)cc(C(C)(C)C)c3O2)c(C(C)(C)C)c1. The van der Waals surface area contributed by atoms with Crippen LogP contribution in [-0.2, 0) is 16.2 Å². The van der Waals surface area contributed by atoms with Crippen molar-refractivity contribution in [2.45, 2.75) is 112 Å². The van der Waals surface area contributed by atoms with E-state index in [1.54, 1.807) is 0 Å². The lowest BCUT2D eigenvalue weighted by Gasteiger charge is -2.34. The fourth-order valence-electron chi connectivity index (χ4n) is 5.33. The molecule has 3 aromatic rings.